The molecular weight excluding hydrogens is 216 g/mol. The molecule has 0 amide bonds. The number of piperazine rings is 1. The van der Waals surface area contributed by atoms with Crippen molar-refractivity contribution in [1.29, 1.82) is 0 Å². The molecule has 0 saturated carbocycles. The first kappa shape index (κ1) is 14.0. The molecule has 1 fully saturated rings. The van der Waals surface area contributed by atoms with Crippen LogP contribution in [-0.2, 0) is 9.53 Å². The van der Waals surface area contributed by atoms with E-state index in [0.717, 1.165) is 39.1 Å². The molecule has 0 N–H and O–H groups in total. The van der Waals surface area contributed by atoms with Crippen LogP contribution in [-0.4, -0.2) is 61.6 Å². The Hall–Kier alpha value is -1.05. The average molecular weight is 238 g/mol. The molecule has 4 nitrogen and oxygen atoms in total. The van der Waals surface area contributed by atoms with Gasteiger partial charge in [0, 0.05) is 33.1 Å². The summed E-state index contributed by atoms with van der Waals surface area (Å²) < 4.78 is 5.07. The number of likely N-dealkylation sites (N-methyl/N-ethyl adjacent to an activating group) is 1. The zero-order valence-corrected chi connectivity index (χ0v) is 11.0. The van der Waals surface area contributed by atoms with Gasteiger partial charge in [0.15, 0.2) is 6.10 Å². The van der Waals surface area contributed by atoms with Crippen LogP contribution >= 0.6 is 0 Å². The van der Waals surface area contributed by atoms with Crippen molar-refractivity contribution in [3.05, 3.63) is 0 Å². The SMILES string of the molecule is CC[C@H](C#CCN1CCN(C)CC1)OC(C)=O. The number of carbonyl (C=O) groups is 1. The molecular formula is C13H22N2O2. The predicted molar refractivity (Wildman–Crippen MR) is 67.6 cm³/mol. The summed E-state index contributed by atoms with van der Waals surface area (Å²) in [5.74, 6) is 5.86. The summed E-state index contributed by atoms with van der Waals surface area (Å²) in [5, 5.41) is 0. The van der Waals surface area contributed by atoms with Crippen molar-refractivity contribution in [2.75, 3.05) is 39.8 Å². The predicted octanol–water partition coefficient (Wildman–Crippen LogP) is 0.579. The highest BCUT2D eigenvalue weighted by Gasteiger charge is 2.12. The first-order chi connectivity index (χ1) is 8.11. The van der Waals surface area contributed by atoms with Gasteiger partial charge in [0.1, 0.15) is 0 Å². The molecule has 17 heavy (non-hydrogen) atoms. The van der Waals surface area contributed by atoms with E-state index in [0.29, 0.717) is 0 Å². The quantitative estimate of drug-likeness (QED) is 0.532. The molecule has 0 aliphatic carbocycles. The summed E-state index contributed by atoms with van der Waals surface area (Å²) in [6, 6.07) is 0. The molecule has 0 unspecified atom stereocenters. The third kappa shape index (κ3) is 5.71. The minimum atomic E-state index is -0.259. The summed E-state index contributed by atoms with van der Waals surface area (Å²) in [4.78, 5) is 15.5. The molecule has 1 aliphatic rings. The van der Waals surface area contributed by atoms with Crippen LogP contribution in [0.15, 0.2) is 0 Å². The molecule has 96 valence electrons. The van der Waals surface area contributed by atoms with Crippen LogP contribution in [0.25, 0.3) is 0 Å². The fourth-order valence-electron chi connectivity index (χ4n) is 1.69. The van der Waals surface area contributed by atoms with Crippen molar-refractivity contribution in [2.45, 2.75) is 26.4 Å². The lowest BCUT2D eigenvalue weighted by Gasteiger charge is -2.30. The molecule has 1 heterocycles. The normalized spacial score (nSPS) is 19.2. The van der Waals surface area contributed by atoms with Crippen LogP contribution in [0, 0.1) is 11.8 Å². The highest BCUT2D eigenvalue weighted by atomic mass is 16.5. The van der Waals surface area contributed by atoms with Gasteiger partial charge in [-0.15, -0.1) is 0 Å². The Morgan fingerprint density at radius 2 is 2.00 bits per heavy atom. The zero-order chi connectivity index (χ0) is 12.7. The molecule has 4 heteroatoms. The number of carbonyl (C=O) groups excluding carboxylic acids is 1. The number of ether oxygens (including phenoxy) is 1. The Morgan fingerprint density at radius 3 is 2.53 bits per heavy atom. The van der Waals surface area contributed by atoms with Crippen molar-refractivity contribution < 1.29 is 9.53 Å². The number of esters is 1. The molecule has 0 aromatic heterocycles. The fraction of sp³-hybridized carbons (Fsp3) is 0.769. The minimum absolute atomic E-state index is 0.250. The van der Waals surface area contributed by atoms with Crippen molar-refractivity contribution in [2.24, 2.45) is 0 Å². The summed E-state index contributed by atoms with van der Waals surface area (Å²) in [7, 11) is 2.14. The number of hydrogen-bond acceptors (Lipinski definition) is 4. The Bertz CT molecular complexity index is 298. The van der Waals surface area contributed by atoms with Crippen LogP contribution in [0.1, 0.15) is 20.3 Å². The monoisotopic (exact) mass is 238 g/mol. The van der Waals surface area contributed by atoms with Crippen LogP contribution in [0.2, 0.25) is 0 Å². The highest BCUT2D eigenvalue weighted by Crippen LogP contribution is 1.99. The van der Waals surface area contributed by atoms with Gasteiger partial charge in [-0.05, 0) is 13.5 Å². The van der Waals surface area contributed by atoms with E-state index in [2.05, 4.69) is 28.7 Å². The van der Waals surface area contributed by atoms with Gasteiger partial charge < -0.3 is 9.64 Å². The van der Waals surface area contributed by atoms with Crippen LogP contribution in [0.4, 0.5) is 0 Å². The van der Waals surface area contributed by atoms with E-state index in [4.69, 9.17) is 4.74 Å². The second kappa shape index (κ2) is 7.31. The smallest absolute Gasteiger partial charge is 0.303 e. The minimum Gasteiger partial charge on any atom is -0.449 e. The van der Waals surface area contributed by atoms with E-state index in [1.807, 2.05) is 6.92 Å². The van der Waals surface area contributed by atoms with Gasteiger partial charge in [0.25, 0.3) is 0 Å². The molecule has 0 aromatic rings. The second-order valence-electron chi connectivity index (χ2n) is 4.41. The summed E-state index contributed by atoms with van der Waals surface area (Å²) >= 11 is 0. The largest absolute Gasteiger partial charge is 0.449 e. The van der Waals surface area contributed by atoms with Crippen molar-refractivity contribution in [1.82, 2.24) is 9.80 Å². The van der Waals surface area contributed by atoms with Gasteiger partial charge in [-0.3, -0.25) is 9.69 Å². The van der Waals surface area contributed by atoms with E-state index in [9.17, 15) is 4.79 Å². The lowest BCUT2D eigenvalue weighted by molar-refractivity contribution is -0.143. The summed E-state index contributed by atoms with van der Waals surface area (Å²) in [5.41, 5.74) is 0. The summed E-state index contributed by atoms with van der Waals surface area (Å²) in [6.07, 6.45) is 0.495. The molecule has 1 aliphatic heterocycles. The Labute approximate surface area is 104 Å². The van der Waals surface area contributed by atoms with Gasteiger partial charge >= 0.3 is 5.97 Å². The maximum absolute atomic E-state index is 10.8. The Balaban J connectivity index is 2.31. The topological polar surface area (TPSA) is 32.8 Å². The lowest BCUT2D eigenvalue weighted by atomic mass is 10.2. The molecule has 1 rings (SSSR count). The fourth-order valence-corrected chi connectivity index (χ4v) is 1.69. The van der Waals surface area contributed by atoms with E-state index < -0.39 is 0 Å². The molecule has 0 spiro atoms. The maximum atomic E-state index is 10.8. The van der Waals surface area contributed by atoms with Crippen LogP contribution < -0.4 is 0 Å². The molecule has 0 bridgehead atoms. The molecule has 1 saturated heterocycles. The Kier molecular flexibility index (Phi) is 6.03. The zero-order valence-electron chi connectivity index (χ0n) is 11.0. The number of hydrogen-bond donors (Lipinski definition) is 0. The van der Waals surface area contributed by atoms with Crippen LogP contribution in [0.3, 0.4) is 0 Å². The second-order valence-corrected chi connectivity index (χ2v) is 4.41. The first-order valence-electron chi connectivity index (χ1n) is 6.18. The van der Waals surface area contributed by atoms with E-state index >= 15 is 0 Å². The third-order valence-electron chi connectivity index (χ3n) is 2.84. The number of rotatable bonds is 3. The average Bonchev–Trinajstić information content (AvgIpc) is 2.30. The lowest BCUT2D eigenvalue weighted by Crippen LogP contribution is -2.44. The first-order valence-corrected chi connectivity index (χ1v) is 6.18. The van der Waals surface area contributed by atoms with Gasteiger partial charge in [0.2, 0.25) is 0 Å². The Morgan fingerprint density at radius 1 is 1.35 bits per heavy atom. The maximum Gasteiger partial charge on any atom is 0.303 e. The summed E-state index contributed by atoms with van der Waals surface area (Å²) in [6.45, 7) is 8.49. The highest BCUT2D eigenvalue weighted by molar-refractivity contribution is 5.66. The van der Waals surface area contributed by atoms with Gasteiger partial charge in [0.05, 0.1) is 6.54 Å². The molecule has 0 aromatic carbocycles. The molecule has 1 atom stereocenters. The van der Waals surface area contributed by atoms with Gasteiger partial charge in [-0.2, -0.15) is 0 Å². The van der Waals surface area contributed by atoms with Gasteiger partial charge in [-0.1, -0.05) is 18.8 Å². The van der Waals surface area contributed by atoms with Crippen molar-refractivity contribution in [3.63, 3.8) is 0 Å². The van der Waals surface area contributed by atoms with Crippen LogP contribution in [0.5, 0.6) is 0 Å². The van der Waals surface area contributed by atoms with Gasteiger partial charge in [-0.25, -0.2) is 0 Å². The van der Waals surface area contributed by atoms with Crippen molar-refractivity contribution in [3.8, 4) is 11.8 Å². The van der Waals surface area contributed by atoms with E-state index in [1.165, 1.54) is 6.92 Å². The van der Waals surface area contributed by atoms with E-state index in [1.54, 1.807) is 0 Å². The number of nitrogens with zero attached hydrogens (tertiary/aromatic N) is 2. The third-order valence-corrected chi connectivity index (χ3v) is 2.84. The van der Waals surface area contributed by atoms with E-state index in [-0.39, 0.29) is 12.1 Å². The van der Waals surface area contributed by atoms with Crippen molar-refractivity contribution >= 4 is 5.97 Å². The standard InChI is InChI=1S/C13H22N2O2/c1-4-13(17-12(2)16)6-5-7-15-10-8-14(3)9-11-15/h13H,4,7-11H2,1-3H3/t13-/m1/s1. The molecule has 0 radical (unpaired) electrons.